The Morgan fingerprint density at radius 1 is 1.26 bits per heavy atom. The quantitative estimate of drug-likeness (QED) is 0.562. The first-order chi connectivity index (χ1) is 12.8. The van der Waals surface area contributed by atoms with Gasteiger partial charge in [-0.05, 0) is 43.3 Å². The molecule has 136 valence electrons. The molecule has 1 atom stereocenters. The molecule has 3 rings (SSSR count). The highest BCUT2D eigenvalue weighted by Gasteiger charge is 2.33. The molecule has 7 heteroatoms. The summed E-state index contributed by atoms with van der Waals surface area (Å²) in [4.78, 5) is 15.6. The first kappa shape index (κ1) is 18.1. The zero-order valence-electron chi connectivity index (χ0n) is 15.2. The number of benzene rings is 2. The van der Waals surface area contributed by atoms with Crippen LogP contribution in [0.3, 0.4) is 0 Å². The van der Waals surface area contributed by atoms with Crippen LogP contribution in [0.2, 0.25) is 0 Å². The fourth-order valence-electron chi connectivity index (χ4n) is 3.31. The van der Waals surface area contributed by atoms with Crippen LogP contribution < -0.4 is 15.5 Å². The SMILES string of the molecule is CC(=N)N1C(=N)[C@H](C)CN(c2ccc(C#N)cc2)c2c(C(N)=O)cccc21. The second kappa shape index (κ2) is 6.92. The molecule has 1 amide bonds. The number of para-hydroxylation sites is 1. The van der Waals surface area contributed by atoms with E-state index in [2.05, 4.69) is 6.07 Å². The van der Waals surface area contributed by atoms with E-state index < -0.39 is 5.91 Å². The summed E-state index contributed by atoms with van der Waals surface area (Å²) in [7, 11) is 0. The number of primary amides is 1. The van der Waals surface area contributed by atoms with Gasteiger partial charge in [0, 0.05) is 18.2 Å². The van der Waals surface area contributed by atoms with E-state index in [0.29, 0.717) is 29.0 Å². The third-order valence-corrected chi connectivity index (χ3v) is 4.60. The number of fused-ring (bicyclic) bond motifs is 1. The third-order valence-electron chi connectivity index (χ3n) is 4.60. The van der Waals surface area contributed by atoms with Gasteiger partial charge in [0.05, 0.1) is 28.6 Å². The van der Waals surface area contributed by atoms with Gasteiger partial charge in [0.2, 0.25) is 0 Å². The number of nitrogens with one attached hydrogen (secondary N) is 2. The largest absolute Gasteiger partial charge is 0.366 e. The molecule has 0 spiro atoms. The average Bonchev–Trinajstić information content (AvgIpc) is 2.76. The second-order valence-electron chi connectivity index (χ2n) is 6.51. The van der Waals surface area contributed by atoms with Crippen LogP contribution in [0.25, 0.3) is 0 Å². The number of hydrogen-bond acceptors (Lipinski definition) is 5. The van der Waals surface area contributed by atoms with Crippen molar-refractivity contribution in [2.75, 3.05) is 16.3 Å². The first-order valence-corrected chi connectivity index (χ1v) is 8.49. The Morgan fingerprint density at radius 3 is 2.48 bits per heavy atom. The summed E-state index contributed by atoms with van der Waals surface area (Å²) in [5, 5.41) is 25.7. The number of amides is 1. The van der Waals surface area contributed by atoms with E-state index in [1.54, 1.807) is 37.3 Å². The fraction of sp³-hybridized carbons (Fsp3) is 0.200. The monoisotopic (exact) mass is 360 g/mol. The standard InChI is InChI=1S/C20H20N6O/c1-12-11-25(15-8-6-14(10-21)7-9-15)18-16(20(24)27)4-3-5-17(18)26(13(2)22)19(12)23/h3-9,12,22-23H,11H2,1-2H3,(H2,24,27)/t12-/m1/s1. The number of carbonyl (C=O) groups excluding carboxylic acids is 1. The van der Waals surface area contributed by atoms with Crippen LogP contribution in [-0.4, -0.2) is 24.1 Å². The minimum absolute atomic E-state index is 0.191. The molecule has 1 aliphatic rings. The van der Waals surface area contributed by atoms with Crippen molar-refractivity contribution in [2.45, 2.75) is 13.8 Å². The van der Waals surface area contributed by atoms with Gasteiger partial charge in [-0.15, -0.1) is 0 Å². The van der Waals surface area contributed by atoms with Gasteiger partial charge >= 0.3 is 0 Å². The molecule has 2 aromatic rings. The predicted octanol–water partition coefficient (Wildman–Crippen LogP) is 3.23. The van der Waals surface area contributed by atoms with Crippen LogP contribution in [0.1, 0.15) is 29.8 Å². The van der Waals surface area contributed by atoms with Crippen LogP contribution in [0, 0.1) is 28.1 Å². The van der Waals surface area contributed by atoms with Gasteiger partial charge in [-0.3, -0.25) is 20.5 Å². The van der Waals surface area contributed by atoms with Crippen molar-refractivity contribution in [3.8, 4) is 6.07 Å². The normalized spacial score (nSPS) is 16.3. The molecule has 0 aliphatic carbocycles. The maximum atomic E-state index is 12.1. The van der Waals surface area contributed by atoms with Gasteiger partial charge in [0.15, 0.2) is 0 Å². The number of nitrogens with zero attached hydrogens (tertiary/aromatic N) is 3. The average molecular weight is 360 g/mol. The predicted molar refractivity (Wildman–Crippen MR) is 106 cm³/mol. The molecular formula is C20H20N6O. The van der Waals surface area contributed by atoms with Gasteiger partial charge in [0.1, 0.15) is 11.7 Å². The highest BCUT2D eigenvalue weighted by Crippen LogP contribution is 2.41. The minimum Gasteiger partial charge on any atom is -0.366 e. The molecule has 0 fully saturated rings. The molecule has 0 radical (unpaired) electrons. The van der Waals surface area contributed by atoms with Crippen LogP contribution >= 0.6 is 0 Å². The van der Waals surface area contributed by atoms with E-state index in [9.17, 15) is 4.79 Å². The first-order valence-electron chi connectivity index (χ1n) is 8.49. The number of rotatable bonds is 2. The van der Waals surface area contributed by atoms with Crippen molar-refractivity contribution in [2.24, 2.45) is 11.7 Å². The lowest BCUT2D eigenvalue weighted by molar-refractivity contribution is 0.100. The van der Waals surface area contributed by atoms with Gasteiger partial charge in [-0.2, -0.15) is 5.26 Å². The van der Waals surface area contributed by atoms with Crippen molar-refractivity contribution in [1.29, 1.82) is 16.1 Å². The van der Waals surface area contributed by atoms with Crippen molar-refractivity contribution >= 4 is 34.6 Å². The highest BCUT2D eigenvalue weighted by molar-refractivity contribution is 6.21. The minimum atomic E-state index is -0.575. The molecule has 4 N–H and O–H groups in total. The zero-order valence-corrected chi connectivity index (χ0v) is 15.2. The van der Waals surface area contributed by atoms with Crippen molar-refractivity contribution < 1.29 is 4.79 Å². The zero-order chi connectivity index (χ0) is 19.7. The summed E-state index contributed by atoms with van der Waals surface area (Å²) in [6, 6.07) is 14.3. The summed E-state index contributed by atoms with van der Waals surface area (Å²) >= 11 is 0. The Balaban J connectivity index is 2.30. The molecule has 2 aromatic carbocycles. The van der Waals surface area contributed by atoms with Gasteiger partial charge in [-0.1, -0.05) is 13.0 Å². The molecule has 1 aliphatic heterocycles. The Kier molecular flexibility index (Phi) is 4.65. The van der Waals surface area contributed by atoms with Crippen LogP contribution in [0.4, 0.5) is 17.1 Å². The van der Waals surface area contributed by atoms with Crippen molar-refractivity contribution in [3.05, 3.63) is 53.6 Å². The van der Waals surface area contributed by atoms with Gasteiger partial charge in [0.25, 0.3) is 5.91 Å². The van der Waals surface area contributed by atoms with Crippen LogP contribution in [0.5, 0.6) is 0 Å². The van der Waals surface area contributed by atoms with Crippen molar-refractivity contribution in [1.82, 2.24) is 0 Å². The van der Waals surface area contributed by atoms with E-state index in [0.717, 1.165) is 5.69 Å². The van der Waals surface area contributed by atoms with E-state index in [1.165, 1.54) is 4.90 Å². The van der Waals surface area contributed by atoms with Crippen LogP contribution in [-0.2, 0) is 0 Å². The van der Waals surface area contributed by atoms with Gasteiger partial charge in [-0.25, -0.2) is 0 Å². The topological polar surface area (TPSA) is 121 Å². The molecule has 7 nitrogen and oxygen atoms in total. The number of carbonyl (C=O) groups is 1. The maximum Gasteiger partial charge on any atom is 0.250 e. The molecule has 0 saturated heterocycles. The van der Waals surface area contributed by atoms with Crippen molar-refractivity contribution in [3.63, 3.8) is 0 Å². The highest BCUT2D eigenvalue weighted by atomic mass is 16.1. The smallest absolute Gasteiger partial charge is 0.250 e. The van der Waals surface area contributed by atoms with Crippen LogP contribution in [0.15, 0.2) is 42.5 Å². The third kappa shape index (κ3) is 3.13. The molecule has 0 saturated carbocycles. The summed E-state index contributed by atoms with van der Waals surface area (Å²) in [5.74, 6) is -0.304. The number of amidine groups is 2. The second-order valence-corrected chi connectivity index (χ2v) is 6.51. The lowest BCUT2D eigenvalue weighted by Gasteiger charge is -2.28. The maximum absolute atomic E-state index is 12.1. The summed E-state index contributed by atoms with van der Waals surface area (Å²) in [5.41, 5.74) is 8.41. The summed E-state index contributed by atoms with van der Waals surface area (Å²) in [6.45, 7) is 3.95. The number of nitriles is 1. The van der Waals surface area contributed by atoms with Gasteiger partial charge < -0.3 is 10.6 Å². The Bertz CT molecular complexity index is 973. The fourth-order valence-corrected chi connectivity index (χ4v) is 3.31. The summed E-state index contributed by atoms with van der Waals surface area (Å²) < 4.78 is 0. The molecule has 0 bridgehead atoms. The Hall–Kier alpha value is -3.66. The van der Waals surface area contributed by atoms with E-state index >= 15 is 0 Å². The molecule has 0 aromatic heterocycles. The summed E-state index contributed by atoms with van der Waals surface area (Å²) in [6.07, 6.45) is 0. The number of nitrogens with two attached hydrogens (primary N) is 1. The molecule has 1 heterocycles. The lowest BCUT2D eigenvalue weighted by atomic mass is 10.1. The lowest BCUT2D eigenvalue weighted by Crippen LogP contribution is -2.38. The molecule has 27 heavy (non-hydrogen) atoms. The number of hydrogen-bond donors (Lipinski definition) is 3. The van der Waals surface area contributed by atoms with E-state index in [1.807, 2.05) is 24.0 Å². The Morgan fingerprint density at radius 2 is 1.93 bits per heavy atom. The number of anilines is 3. The van der Waals surface area contributed by atoms with E-state index in [-0.39, 0.29) is 17.6 Å². The Labute approximate surface area is 157 Å². The molecular weight excluding hydrogens is 340 g/mol. The molecule has 0 unspecified atom stereocenters. The van der Waals surface area contributed by atoms with E-state index in [4.69, 9.17) is 21.8 Å².